The van der Waals surface area contributed by atoms with Gasteiger partial charge in [0, 0.05) is 6.54 Å². The molecule has 0 heterocycles. The summed E-state index contributed by atoms with van der Waals surface area (Å²) >= 11 is 0. The van der Waals surface area contributed by atoms with Gasteiger partial charge in [-0.1, -0.05) is 26.2 Å². The van der Waals surface area contributed by atoms with E-state index < -0.39 is 0 Å². The van der Waals surface area contributed by atoms with Gasteiger partial charge in [0.25, 0.3) is 0 Å². The lowest BCUT2D eigenvalue weighted by Gasteiger charge is -2.27. The maximum Gasteiger partial charge on any atom is 0.185 e. The molecule has 2 unspecified atom stereocenters. The molecule has 0 bridgehead atoms. The van der Waals surface area contributed by atoms with E-state index >= 15 is 0 Å². The van der Waals surface area contributed by atoms with Crippen molar-refractivity contribution in [3.63, 3.8) is 0 Å². The molecule has 0 radical (unpaired) electrons. The van der Waals surface area contributed by atoms with Crippen LogP contribution in [0.1, 0.15) is 32.6 Å². The maximum atomic E-state index is 5.28. The molecule has 0 spiro atoms. The molecular formula is C9H19N3. The molecule has 1 fully saturated rings. The van der Waals surface area contributed by atoms with E-state index in [1.54, 1.807) is 0 Å². The van der Waals surface area contributed by atoms with Crippen LogP contribution in [0.2, 0.25) is 0 Å². The molecule has 1 aliphatic rings. The van der Waals surface area contributed by atoms with E-state index in [4.69, 9.17) is 11.5 Å². The van der Waals surface area contributed by atoms with Crippen molar-refractivity contribution in [3.8, 4) is 0 Å². The van der Waals surface area contributed by atoms with Crippen LogP contribution in [0.3, 0.4) is 0 Å². The topological polar surface area (TPSA) is 64.4 Å². The number of hydrogen-bond acceptors (Lipinski definition) is 1. The lowest BCUT2D eigenvalue weighted by molar-refractivity contribution is 0.264. The van der Waals surface area contributed by atoms with Crippen molar-refractivity contribution in [2.75, 3.05) is 6.54 Å². The number of rotatable bonds is 2. The van der Waals surface area contributed by atoms with Gasteiger partial charge in [0.2, 0.25) is 0 Å². The highest BCUT2D eigenvalue weighted by Gasteiger charge is 2.20. The Labute approximate surface area is 74.2 Å². The largest absolute Gasteiger partial charge is 0.370 e. The summed E-state index contributed by atoms with van der Waals surface area (Å²) in [7, 11) is 0. The Bertz CT molecular complexity index is 161. The zero-order valence-corrected chi connectivity index (χ0v) is 7.79. The quantitative estimate of drug-likeness (QED) is 0.480. The van der Waals surface area contributed by atoms with Crippen molar-refractivity contribution < 1.29 is 0 Å². The lowest BCUT2D eigenvalue weighted by atomic mass is 9.80. The molecule has 1 saturated carbocycles. The van der Waals surface area contributed by atoms with Crippen LogP contribution >= 0.6 is 0 Å². The molecule has 0 aromatic rings. The van der Waals surface area contributed by atoms with Crippen LogP contribution in [0.15, 0.2) is 4.99 Å². The fourth-order valence-corrected chi connectivity index (χ4v) is 1.89. The van der Waals surface area contributed by atoms with Gasteiger partial charge < -0.3 is 11.5 Å². The van der Waals surface area contributed by atoms with Crippen LogP contribution in [0.25, 0.3) is 0 Å². The summed E-state index contributed by atoms with van der Waals surface area (Å²) in [4.78, 5) is 4.07. The Morgan fingerprint density at radius 3 is 2.58 bits per heavy atom. The van der Waals surface area contributed by atoms with E-state index in [1.165, 1.54) is 25.7 Å². The lowest BCUT2D eigenvalue weighted by Crippen LogP contribution is -2.26. The van der Waals surface area contributed by atoms with E-state index in [9.17, 15) is 0 Å². The van der Waals surface area contributed by atoms with Crippen LogP contribution in [0.5, 0.6) is 0 Å². The van der Waals surface area contributed by atoms with E-state index in [1.807, 2.05) is 0 Å². The van der Waals surface area contributed by atoms with Crippen LogP contribution in [-0.4, -0.2) is 12.5 Å². The van der Waals surface area contributed by atoms with Gasteiger partial charge in [-0.2, -0.15) is 0 Å². The van der Waals surface area contributed by atoms with Crippen LogP contribution in [0, 0.1) is 11.8 Å². The third kappa shape index (κ3) is 2.72. The number of aliphatic imine (C=N–C) groups is 1. The van der Waals surface area contributed by atoms with E-state index in [0.717, 1.165) is 12.5 Å². The van der Waals surface area contributed by atoms with Gasteiger partial charge in [0.1, 0.15) is 0 Å². The van der Waals surface area contributed by atoms with Crippen molar-refractivity contribution in [1.82, 2.24) is 0 Å². The van der Waals surface area contributed by atoms with Gasteiger partial charge in [-0.3, -0.25) is 4.99 Å². The van der Waals surface area contributed by atoms with Crippen LogP contribution in [0.4, 0.5) is 0 Å². The number of nitrogens with two attached hydrogens (primary N) is 2. The minimum atomic E-state index is 0.229. The van der Waals surface area contributed by atoms with Crippen molar-refractivity contribution in [2.45, 2.75) is 32.6 Å². The normalized spacial score (nSPS) is 29.8. The predicted molar refractivity (Wildman–Crippen MR) is 51.8 cm³/mol. The Hall–Kier alpha value is -0.730. The maximum absolute atomic E-state index is 5.28. The number of guanidine groups is 1. The van der Waals surface area contributed by atoms with Crippen molar-refractivity contribution in [2.24, 2.45) is 28.3 Å². The second-order valence-electron chi connectivity index (χ2n) is 3.79. The fourth-order valence-electron chi connectivity index (χ4n) is 1.89. The minimum absolute atomic E-state index is 0.229. The Morgan fingerprint density at radius 1 is 1.33 bits per heavy atom. The molecule has 12 heavy (non-hydrogen) atoms. The van der Waals surface area contributed by atoms with Crippen LogP contribution in [-0.2, 0) is 0 Å². The summed E-state index contributed by atoms with van der Waals surface area (Å²) in [6, 6.07) is 0. The molecule has 70 valence electrons. The first-order valence-electron chi connectivity index (χ1n) is 4.75. The first-order valence-corrected chi connectivity index (χ1v) is 4.75. The third-order valence-corrected chi connectivity index (χ3v) is 2.80. The highest BCUT2D eigenvalue weighted by atomic mass is 15.0. The first-order chi connectivity index (χ1) is 5.70. The number of hydrogen-bond donors (Lipinski definition) is 2. The van der Waals surface area contributed by atoms with E-state index in [2.05, 4.69) is 11.9 Å². The molecule has 2 atom stereocenters. The monoisotopic (exact) mass is 169 g/mol. The summed E-state index contributed by atoms with van der Waals surface area (Å²) in [5.74, 6) is 1.73. The average molecular weight is 169 g/mol. The Morgan fingerprint density at radius 2 is 2.00 bits per heavy atom. The van der Waals surface area contributed by atoms with Gasteiger partial charge in [-0.05, 0) is 18.3 Å². The molecule has 0 aliphatic heterocycles. The summed E-state index contributed by atoms with van der Waals surface area (Å²) in [6.07, 6.45) is 5.34. The van der Waals surface area contributed by atoms with Gasteiger partial charge >= 0.3 is 0 Å². The van der Waals surface area contributed by atoms with Gasteiger partial charge in [-0.25, -0.2) is 0 Å². The molecule has 4 N–H and O–H groups in total. The summed E-state index contributed by atoms with van der Waals surface area (Å²) in [5, 5.41) is 0. The second-order valence-corrected chi connectivity index (χ2v) is 3.79. The SMILES string of the molecule is CC1CCCCC1CN=C(N)N. The Kier molecular flexibility index (Phi) is 3.38. The van der Waals surface area contributed by atoms with Gasteiger partial charge in [0.05, 0.1) is 0 Å². The standard InChI is InChI=1S/C9H19N3/c1-7-4-2-3-5-8(7)6-12-9(10)11/h7-8H,2-6H2,1H3,(H4,10,11,12). The Balaban J connectivity index is 2.34. The third-order valence-electron chi connectivity index (χ3n) is 2.80. The second kappa shape index (κ2) is 4.33. The molecule has 0 saturated heterocycles. The average Bonchev–Trinajstić information content (AvgIpc) is 2.03. The zero-order valence-electron chi connectivity index (χ0n) is 7.79. The number of nitrogens with zero attached hydrogens (tertiary/aromatic N) is 1. The molecule has 0 aromatic heterocycles. The van der Waals surface area contributed by atoms with Crippen molar-refractivity contribution >= 4 is 5.96 Å². The summed E-state index contributed by atoms with van der Waals surface area (Å²) in [5.41, 5.74) is 10.6. The summed E-state index contributed by atoms with van der Waals surface area (Å²) < 4.78 is 0. The molecule has 0 amide bonds. The molecule has 3 heteroatoms. The smallest absolute Gasteiger partial charge is 0.185 e. The molecular weight excluding hydrogens is 150 g/mol. The molecule has 3 nitrogen and oxygen atoms in total. The molecule has 0 aromatic carbocycles. The van der Waals surface area contributed by atoms with E-state index in [-0.39, 0.29) is 5.96 Å². The van der Waals surface area contributed by atoms with Crippen molar-refractivity contribution in [3.05, 3.63) is 0 Å². The highest BCUT2D eigenvalue weighted by Crippen LogP contribution is 2.29. The predicted octanol–water partition coefficient (Wildman–Crippen LogP) is 1.09. The van der Waals surface area contributed by atoms with Gasteiger partial charge in [-0.15, -0.1) is 0 Å². The fraction of sp³-hybridized carbons (Fsp3) is 0.889. The first kappa shape index (κ1) is 9.36. The van der Waals surface area contributed by atoms with Crippen LogP contribution < -0.4 is 11.5 Å². The zero-order chi connectivity index (χ0) is 8.97. The van der Waals surface area contributed by atoms with E-state index in [0.29, 0.717) is 5.92 Å². The minimum Gasteiger partial charge on any atom is -0.370 e. The molecule has 1 rings (SSSR count). The summed E-state index contributed by atoms with van der Waals surface area (Å²) in [6.45, 7) is 3.12. The van der Waals surface area contributed by atoms with Crippen molar-refractivity contribution in [1.29, 1.82) is 0 Å². The highest BCUT2D eigenvalue weighted by molar-refractivity contribution is 5.75. The molecule has 1 aliphatic carbocycles. The van der Waals surface area contributed by atoms with Gasteiger partial charge in [0.15, 0.2) is 5.96 Å².